The molecule has 2 atom stereocenters. The molecule has 5 rings (SSSR count). The first-order valence-electron chi connectivity index (χ1n) is 15.3. The van der Waals surface area contributed by atoms with Crippen LogP contribution in [0.25, 0.3) is 11.1 Å². The number of fused-ring (bicyclic) bond motifs is 3. The van der Waals surface area contributed by atoms with Crippen LogP contribution < -0.4 is 39.7 Å². The van der Waals surface area contributed by atoms with Crippen molar-refractivity contribution in [3.8, 4) is 39.9 Å². The topological polar surface area (TPSA) is 125 Å². The Morgan fingerprint density at radius 3 is 2.28 bits per heavy atom. The van der Waals surface area contributed by atoms with Crippen molar-refractivity contribution in [1.82, 2.24) is 10.2 Å². The lowest BCUT2D eigenvalue weighted by Crippen LogP contribution is -2.35. The molecular weight excluding hydrogens is 590 g/mol. The molecule has 46 heavy (non-hydrogen) atoms. The number of benzene rings is 2. The fraction of sp³-hybridized carbons (Fsp3) is 0.400. The molecule has 3 aromatic rings. The number of anilines is 1. The molecule has 2 aliphatic rings. The summed E-state index contributed by atoms with van der Waals surface area (Å²) in [7, 11) is 7.86. The molecule has 3 aromatic carbocycles. The summed E-state index contributed by atoms with van der Waals surface area (Å²) in [5.74, 6) is 2.42. The van der Waals surface area contributed by atoms with Gasteiger partial charge in [0.15, 0.2) is 11.5 Å². The number of hydrogen-bond donors (Lipinski definition) is 2. The van der Waals surface area contributed by atoms with Crippen LogP contribution in [-0.4, -0.2) is 65.4 Å². The van der Waals surface area contributed by atoms with Gasteiger partial charge in [0, 0.05) is 30.7 Å². The maximum atomic E-state index is 13.7. The molecule has 0 spiro atoms. The Labute approximate surface area is 268 Å². The standard InChI is InChI=1S/C35H41N3O8/c1-20(39)37-26-13-9-21-16-31(44-4)34(45-5)35(46-6)33(21)23-12-14-27(29(40)18-25(23)26)36-19-32(41)38-15-7-8-28(38)24-11-10-22(42-2)17-30(24)43-3/h10-12,14,16-18,26,28H,7-9,13,15,19H2,1-6H3,(H,36,40)(H,37,39)/t26-,28?/m1/s1. The van der Waals surface area contributed by atoms with Gasteiger partial charge in [0.05, 0.1) is 59.9 Å². The summed E-state index contributed by atoms with van der Waals surface area (Å²) in [4.78, 5) is 41.3. The molecule has 1 aliphatic carbocycles. The van der Waals surface area contributed by atoms with Crippen molar-refractivity contribution in [3.63, 3.8) is 0 Å². The molecule has 0 bridgehead atoms. The van der Waals surface area contributed by atoms with E-state index in [1.54, 1.807) is 41.6 Å². The average Bonchev–Trinajstić information content (AvgIpc) is 3.44. The van der Waals surface area contributed by atoms with Crippen LogP contribution in [0, 0.1) is 0 Å². The Balaban J connectivity index is 1.50. The van der Waals surface area contributed by atoms with Crippen LogP contribution in [-0.2, 0) is 16.0 Å². The van der Waals surface area contributed by atoms with E-state index in [1.807, 2.05) is 35.2 Å². The minimum absolute atomic E-state index is 0.0705. The quantitative estimate of drug-likeness (QED) is 0.329. The zero-order valence-electron chi connectivity index (χ0n) is 27.2. The van der Waals surface area contributed by atoms with Crippen molar-refractivity contribution in [2.75, 3.05) is 54.0 Å². The van der Waals surface area contributed by atoms with Gasteiger partial charge in [0.2, 0.25) is 23.0 Å². The number of carbonyl (C=O) groups excluding carboxylic acids is 2. The molecule has 1 aliphatic heterocycles. The molecule has 0 saturated carbocycles. The predicted molar refractivity (Wildman–Crippen MR) is 174 cm³/mol. The zero-order chi connectivity index (χ0) is 33.0. The normalized spacial score (nSPS) is 16.8. The SMILES string of the molecule is COc1ccc(C2CCCN2C(=O)CNc2ccc3c(cc2=O)[C@H](NC(C)=O)CCc2cc(OC)c(OC)c(OC)c2-3)c(OC)c1. The van der Waals surface area contributed by atoms with Gasteiger partial charge in [-0.1, -0.05) is 6.07 Å². The number of methoxy groups -OCH3 is 5. The molecule has 1 saturated heterocycles. The van der Waals surface area contributed by atoms with Gasteiger partial charge in [-0.3, -0.25) is 14.4 Å². The Hall–Kier alpha value is -4.93. The van der Waals surface area contributed by atoms with Gasteiger partial charge in [0.1, 0.15) is 11.5 Å². The van der Waals surface area contributed by atoms with E-state index < -0.39 is 6.04 Å². The molecule has 2 N–H and O–H groups in total. The number of hydrogen-bond acceptors (Lipinski definition) is 9. The van der Waals surface area contributed by atoms with Crippen LogP contribution in [0.1, 0.15) is 55.0 Å². The first kappa shape index (κ1) is 32.5. The maximum Gasteiger partial charge on any atom is 0.242 e. The molecule has 0 aromatic heterocycles. The van der Waals surface area contributed by atoms with Crippen molar-refractivity contribution < 1.29 is 33.3 Å². The van der Waals surface area contributed by atoms with E-state index in [-0.39, 0.29) is 35.5 Å². The maximum absolute atomic E-state index is 13.7. The largest absolute Gasteiger partial charge is 0.497 e. The van der Waals surface area contributed by atoms with Crippen molar-refractivity contribution in [2.45, 2.75) is 44.7 Å². The third-order valence-corrected chi connectivity index (χ3v) is 8.72. The molecular formula is C35H41N3O8. The van der Waals surface area contributed by atoms with Crippen LogP contribution >= 0.6 is 0 Å². The highest BCUT2D eigenvalue weighted by Gasteiger charge is 2.33. The van der Waals surface area contributed by atoms with E-state index in [4.69, 9.17) is 23.7 Å². The first-order chi connectivity index (χ1) is 22.2. The van der Waals surface area contributed by atoms with Crippen molar-refractivity contribution in [3.05, 3.63) is 69.4 Å². The molecule has 1 unspecified atom stereocenters. The van der Waals surface area contributed by atoms with Crippen LogP contribution in [0.5, 0.6) is 28.7 Å². The monoisotopic (exact) mass is 631 g/mol. The minimum atomic E-state index is -0.430. The predicted octanol–water partition coefficient (Wildman–Crippen LogP) is 4.66. The number of rotatable bonds is 10. The Morgan fingerprint density at radius 1 is 0.848 bits per heavy atom. The minimum Gasteiger partial charge on any atom is -0.497 e. The number of aryl methyl sites for hydroxylation is 1. The molecule has 0 radical (unpaired) electrons. The second kappa shape index (κ2) is 14.0. The van der Waals surface area contributed by atoms with Crippen LogP contribution in [0.2, 0.25) is 0 Å². The Kier molecular flexibility index (Phi) is 9.89. The summed E-state index contributed by atoms with van der Waals surface area (Å²) in [6.45, 7) is 1.98. The lowest BCUT2D eigenvalue weighted by atomic mass is 9.95. The molecule has 11 nitrogen and oxygen atoms in total. The summed E-state index contributed by atoms with van der Waals surface area (Å²) >= 11 is 0. The summed E-state index contributed by atoms with van der Waals surface area (Å²) < 4.78 is 28.1. The third kappa shape index (κ3) is 6.27. The second-order valence-electron chi connectivity index (χ2n) is 11.3. The van der Waals surface area contributed by atoms with E-state index in [2.05, 4.69) is 10.6 Å². The molecule has 2 amide bonds. The smallest absolute Gasteiger partial charge is 0.242 e. The van der Waals surface area contributed by atoms with Gasteiger partial charge in [0.25, 0.3) is 0 Å². The second-order valence-corrected chi connectivity index (χ2v) is 11.3. The highest BCUT2D eigenvalue weighted by Crippen LogP contribution is 2.50. The Morgan fingerprint density at radius 2 is 1.61 bits per heavy atom. The Bertz CT molecular complexity index is 1690. The van der Waals surface area contributed by atoms with Crippen molar-refractivity contribution in [2.24, 2.45) is 0 Å². The number of carbonyl (C=O) groups is 2. The van der Waals surface area contributed by atoms with E-state index >= 15 is 0 Å². The number of ether oxygens (including phenoxy) is 5. The number of amides is 2. The van der Waals surface area contributed by atoms with Gasteiger partial charge >= 0.3 is 0 Å². The molecule has 244 valence electrons. The fourth-order valence-corrected chi connectivity index (χ4v) is 6.61. The highest BCUT2D eigenvalue weighted by molar-refractivity contribution is 5.85. The van der Waals surface area contributed by atoms with Gasteiger partial charge in [-0.25, -0.2) is 0 Å². The van der Waals surface area contributed by atoms with Crippen molar-refractivity contribution >= 4 is 17.5 Å². The van der Waals surface area contributed by atoms with Crippen LogP contribution in [0.15, 0.2) is 47.3 Å². The van der Waals surface area contributed by atoms with E-state index in [0.717, 1.165) is 29.5 Å². The fourth-order valence-electron chi connectivity index (χ4n) is 6.61. The van der Waals surface area contributed by atoms with Crippen molar-refractivity contribution in [1.29, 1.82) is 0 Å². The molecule has 11 heteroatoms. The zero-order valence-corrected chi connectivity index (χ0v) is 27.2. The van der Waals surface area contributed by atoms with Gasteiger partial charge in [-0.05, 0) is 72.7 Å². The van der Waals surface area contributed by atoms with Gasteiger partial charge < -0.3 is 39.2 Å². The van der Waals surface area contributed by atoms with Gasteiger partial charge in [-0.2, -0.15) is 0 Å². The third-order valence-electron chi connectivity index (χ3n) is 8.72. The van der Waals surface area contributed by atoms with Crippen LogP contribution in [0.4, 0.5) is 5.69 Å². The van der Waals surface area contributed by atoms with E-state index in [0.29, 0.717) is 59.3 Å². The number of nitrogens with one attached hydrogen (secondary N) is 2. The van der Waals surface area contributed by atoms with Gasteiger partial charge in [-0.15, -0.1) is 0 Å². The number of nitrogens with zero attached hydrogens (tertiary/aromatic N) is 1. The summed E-state index contributed by atoms with van der Waals surface area (Å²) in [6, 6.07) is 12.0. The van der Waals surface area contributed by atoms with Crippen LogP contribution in [0.3, 0.4) is 0 Å². The van der Waals surface area contributed by atoms with E-state index in [1.165, 1.54) is 13.0 Å². The molecule has 1 heterocycles. The highest BCUT2D eigenvalue weighted by atomic mass is 16.5. The number of likely N-dealkylation sites (tertiary alicyclic amines) is 1. The lowest BCUT2D eigenvalue weighted by molar-refractivity contribution is -0.130. The van der Waals surface area contributed by atoms with E-state index in [9.17, 15) is 14.4 Å². The summed E-state index contributed by atoms with van der Waals surface area (Å²) in [5, 5.41) is 6.11. The first-order valence-corrected chi connectivity index (χ1v) is 15.3. The average molecular weight is 632 g/mol. The molecule has 1 fully saturated rings. The summed E-state index contributed by atoms with van der Waals surface area (Å²) in [5.41, 5.74) is 3.93. The lowest BCUT2D eigenvalue weighted by Gasteiger charge is -2.26. The summed E-state index contributed by atoms with van der Waals surface area (Å²) in [6.07, 6.45) is 2.80.